The van der Waals surface area contributed by atoms with Crippen molar-refractivity contribution in [3.8, 4) is 5.75 Å². The summed E-state index contributed by atoms with van der Waals surface area (Å²) in [7, 11) is 0. The standard InChI is InChI=1S/C14H19BrO/c1-11-10-13(8-9-14(11)15)16-12-6-4-2-3-5-7-12/h8-10,12H,2-7H2,1H3. The monoisotopic (exact) mass is 282 g/mol. The molecule has 0 aromatic heterocycles. The molecule has 0 atom stereocenters. The Morgan fingerprint density at radius 1 is 1.12 bits per heavy atom. The van der Waals surface area contributed by atoms with E-state index in [-0.39, 0.29) is 0 Å². The summed E-state index contributed by atoms with van der Waals surface area (Å²) >= 11 is 3.51. The van der Waals surface area contributed by atoms with Gasteiger partial charge in [0.05, 0.1) is 6.10 Å². The van der Waals surface area contributed by atoms with Gasteiger partial charge in [0.1, 0.15) is 5.75 Å². The van der Waals surface area contributed by atoms with Crippen molar-refractivity contribution in [1.29, 1.82) is 0 Å². The second-order valence-electron chi connectivity index (χ2n) is 4.64. The lowest BCUT2D eigenvalue weighted by molar-refractivity contribution is 0.183. The van der Waals surface area contributed by atoms with Crippen LogP contribution in [-0.4, -0.2) is 6.10 Å². The van der Waals surface area contributed by atoms with Crippen molar-refractivity contribution < 1.29 is 4.74 Å². The Labute approximate surface area is 106 Å². The molecule has 2 rings (SSSR count). The highest BCUT2D eigenvalue weighted by Gasteiger charge is 2.13. The average molecular weight is 283 g/mol. The molecule has 1 fully saturated rings. The van der Waals surface area contributed by atoms with E-state index in [1.165, 1.54) is 44.1 Å². The molecule has 0 spiro atoms. The Morgan fingerprint density at radius 3 is 2.44 bits per heavy atom. The predicted octanol–water partition coefficient (Wildman–Crippen LogP) is 4.86. The average Bonchev–Trinajstić information content (AvgIpc) is 2.52. The van der Waals surface area contributed by atoms with E-state index in [1.807, 2.05) is 0 Å². The van der Waals surface area contributed by atoms with Gasteiger partial charge in [0.25, 0.3) is 0 Å². The van der Waals surface area contributed by atoms with E-state index in [4.69, 9.17) is 4.74 Å². The first-order chi connectivity index (χ1) is 7.75. The Balaban J connectivity index is 1.99. The van der Waals surface area contributed by atoms with Crippen molar-refractivity contribution in [2.45, 2.75) is 51.6 Å². The number of hydrogen-bond acceptors (Lipinski definition) is 1. The van der Waals surface area contributed by atoms with Gasteiger partial charge in [-0.3, -0.25) is 0 Å². The van der Waals surface area contributed by atoms with Crippen LogP contribution in [0.5, 0.6) is 5.75 Å². The molecule has 1 aliphatic rings. The summed E-state index contributed by atoms with van der Waals surface area (Å²) in [6.45, 7) is 2.10. The number of benzene rings is 1. The van der Waals surface area contributed by atoms with E-state index in [1.54, 1.807) is 0 Å². The fourth-order valence-corrected chi connectivity index (χ4v) is 2.49. The van der Waals surface area contributed by atoms with Gasteiger partial charge in [-0.2, -0.15) is 0 Å². The lowest BCUT2D eigenvalue weighted by Gasteiger charge is -2.17. The molecule has 0 bridgehead atoms. The molecule has 0 radical (unpaired) electrons. The van der Waals surface area contributed by atoms with Crippen LogP contribution in [0.15, 0.2) is 22.7 Å². The maximum Gasteiger partial charge on any atom is 0.120 e. The third-order valence-electron chi connectivity index (χ3n) is 3.23. The maximum absolute atomic E-state index is 6.05. The van der Waals surface area contributed by atoms with Gasteiger partial charge in [0.2, 0.25) is 0 Å². The van der Waals surface area contributed by atoms with Crippen molar-refractivity contribution in [2.24, 2.45) is 0 Å². The Kier molecular flexibility index (Phi) is 4.28. The van der Waals surface area contributed by atoms with Crippen LogP contribution in [0.1, 0.15) is 44.1 Å². The topological polar surface area (TPSA) is 9.23 Å². The van der Waals surface area contributed by atoms with Gasteiger partial charge >= 0.3 is 0 Å². The minimum atomic E-state index is 0.433. The molecule has 0 amide bonds. The van der Waals surface area contributed by atoms with E-state index in [0.29, 0.717) is 6.10 Å². The van der Waals surface area contributed by atoms with Gasteiger partial charge in [-0.1, -0.05) is 28.8 Å². The second kappa shape index (κ2) is 5.72. The van der Waals surface area contributed by atoms with E-state index >= 15 is 0 Å². The summed E-state index contributed by atoms with van der Waals surface area (Å²) in [4.78, 5) is 0. The van der Waals surface area contributed by atoms with Crippen molar-refractivity contribution in [3.05, 3.63) is 28.2 Å². The number of ether oxygens (including phenoxy) is 1. The van der Waals surface area contributed by atoms with Crippen LogP contribution in [0, 0.1) is 6.92 Å². The number of rotatable bonds is 2. The van der Waals surface area contributed by atoms with E-state index in [9.17, 15) is 0 Å². The van der Waals surface area contributed by atoms with Crippen LogP contribution >= 0.6 is 15.9 Å². The maximum atomic E-state index is 6.05. The molecule has 2 heteroatoms. The van der Waals surface area contributed by atoms with Gasteiger partial charge < -0.3 is 4.74 Å². The molecule has 88 valence electrons. The Hall–Kier alpha value is -0.500. The van der Waals surface area contributed by atoms with Crippen molar-refractivity contribution in [1.82, 2.24) is 0 Å². The van der Waals surface area contributed by atoms with Crippen LogP contribution in [-0.2, 0) is 0 Å². The summed E-state index contributed by atoms with van der Waals surface area (Å²) in [6.07, 6.45) is 8.26. The van der Waals surface area contributed by atoms with Crippen LogP contribution in [0.3, 0.4) is 0 Å². The Bertz CT molecular complexity index is 341. The highest BCUT2D eigenvalue weighted by molar-refractivity contribution is 9.10. The van der Waals surface area contributed by atoms with Crippen LogP contribution < -0.4 is 4.74 Å². The fraction of sp³-hybridized carbons (Fsp3) is 0.571. The van der Waals surface area contributed by atoms with Gasteiger partial charge in [-0.15, -0.1) is 0 Å². The SMILES string of the molecule is Cc1cc(OC2CCCCCC2)ccc1Br. The molecule has 1 aromatic carbocycles. The molecule has 1 nitrogen and oxygen atoms in total. The van der Waals surface area contributed by atoms with Gasteiger partial charge in [0, 0.05) is 4.47 Å². The number of aryl methyl sites for hydroxylation is 1. The lowest BCUT2D eigenvalue weighted by atomic mass is 10.1. The van der Waals surface area contributed by atoms with Crippen molar-refractivity contribution >= 4 is 15.9 Å². The first-order valence-corrected chi connectivity index (χ1v) is 6.98. The molecule has 0 saturated heterocycles. The zero-order valence-corrected chi connectivity index (χ0v) is 11.4. The molecule has 1 saturated carbocycles. The van der Waals surface area contributed by atoms with Crippen LogP contribution in [0.4, 0.5) is 0 Å². The zero-order valence-electron chi connectivity index (χ0n) is 9.84. The number of hydrogen-bond donors (Lipinski definition) is 0. The van der Waals surface area contributed by atoms with E-state index < -0.39 is 0 Å². The molecular weight excluding hydrogens is 264 g/mol. The second-order valence-corrected chi connectivity index (χ2v) is 5.50. The molecule has 16 heavy (non-hydrogen) atoms. The van der Waals surface area contributed by atoms with Gasteiger partial charge in [0.15, 0.2) is 0 Å². The summed E-state index contributed by atoms with van der Waals surface area (Å²) in [5.41, 5.74) is 1.24. The molecule has 1 aromatic rings. The first-order valence-electron chi connectivity index (χ1n) is 6.18. The fourth-order valence-electron chi connectivity index (χ4n) is 2.24. The highest BCUT2D eigenvalue weighted by atomic mass is 79.9. The first kappa shape index (κ1) is 12.0. The van der Waals surface area contributed by atoms with Crippen LogP contribution in [0.25, 0.3) is 0 Å². The minimum absolute atomic E-state index is 0.433. The molecular formula is C14H19BrO. The Morgan fingerprint density at radius 2 is 1.81 bits per heavy atom. The molecule has 0 heterocycles. The third-order valence-corrected chi connectivity index (χ3v) is 4.12. The summed E-state index contributed by atoms with van der Waals surface area (Å²) in [5.74, 6) is 1.02. The van der Waals surface area contributed by atoms with Crippen molar-refractivity contribution in [2.75, 3.05) is 0 Å². The lowest BCUT2D eigenvalue weighted by Crippen LogP contribution is -2.15. The summed E-state index contributed by atoms with van der Waals surface area (Å²) in [5, 5.41) is 0. The largest absolute Gasteiger partial charge is 0.490 e. The van der Waals surface area contributed by atoms with Gasteiger partial charge in [-0.05, 0) is 56.4 Å². The molecule has 0 N–H and O–H groups in total. The molecule has 0 aliphatic heterocycles. The van der Waals surface area contributed by atoms with Crippen molar-refractivity contribution in [3.63, 3.8) is 0 Å². The molecule has 1 aliphatic carbocycles. The quantitative estimate of drug-likeness (QED) is 0.704. The van der Waals surface area contributed by atoms with E-state index in [2.05, 4.69) is 41.1 Å². The zero-order chi connectivity index (χ0) is 11.4. The van der Waals surface area contributed by atoms with Gasteiger partial charge in [-0.25, -0.2) is 0 Å². The number of halogens is 1. The smallest absolute Gasteiger partial charge is 0.120 e. The molecule has 0 unspecified atom stereocenters. The predicted molar refractivity (Wildman–Crippen MR) is 71.0 cm³/mol. The normalized spacial score (nSPS) is 18.1. The third kappa shape index (κ3) is 3.24. The summed E-state index contributed by atoms with van der Waals surface area (Å²) in [6, 6.07) is 6.25. The summed E-state index contributed by atoms with van der Waals surface area (Å²) < 4.78 is 7.20. The highest BCUT2D eigenvalue weighted by Crippen LogP contribution is 2.26. The van der Waals surface area contributed by atoms with Crippen LogP contribution in [0.2, 0.25) is 0 Å². The minimum Gasteiger partial charge on any atom is -0.490 e. The van der Waals surface area contributed by atoms with E-state index in [0.717, 1.165) is 10.2 Å².